The summed E-state index contributed by atoms with van der Waals surface area (Å²) in [7, 11) is -1.50. The summed E-state index contributed by atoms with van der Waals surface area (Å²) in [5.74, 6) is 1.66. The van der Waals surface area contributed by atoms with Crippen LogP contribution in [0, 0.1) is 0 Å². The standard InChI is InChI=1S/C19H25O3P/c1-5-16-11-7-9-13-18(16)21-23(20-15(3)4)22-19-14-10-8-12-17(19)6-2/h7-15H,5-6H2,1-4H3. The molecule has 0 saturated heterocycles. The third-order valence-electron chi connectivity index (χ3n) is 3.35. The predicted octanol–water partition coefficient (Wildman–Crippen LogP) is 5.92. The second-order valence-electron chi connectivity index (χ2n) is 5.48. The molecule has 0 atom stereocenters. The molecule has 0 aliphatic heterocycles. The van der Waals surface area contributed by atoms with Crippen LogP contribution in [0.4, 0.5) is 0 Å². The van der Waals surface area contributed by atoms with E-state index in [1.165, 1.54) is 0 Å². The Bertz CT molecular complexity index is 564. The lowest BCUT2D eigenvalue weighted by molar-refractivity contribution is 0.209. The van der Waals surface area contributed by atoms with Crippen LogP contribution in [0.15, 0.2) is 48.5 Å². The normalized spacial score (nSPS) is 11.0. The van der Waals surface area contributed by atoms with Crippen LogP contribution in [0.25, 0.3) is 0 Å². The van der Waals surface area contributed by atoms with Crippen molar-refractivity contribution in [3.63, 3.8) is 0 Å². The second kappa shape index (κ2) is 8.90. The highest BCUT2D eigenvalue weighted by molar-refractivity contribution is 7.42. The first-order valence-corrected chi connectivity index (χ1v) is 9.22. The maximum atomic E-state index is 6.07. The zero-order valence-electron chi connectivity index (χ0n) is 14.3. The number of para-hydroxylation sites is 2. The summed E-state index contributed by atoms with van der Waals surface area (Å²) >= 11 is 0. The number of aryl methyl sites for hydroxylation is 2. The molecule has 0 bridgehead atoms. The molecule has 124 valence electrons. The van der Waals surface area contributed by atoms with Crippen LogP contribution in [-0.4, -0.2) is 6.10 Å². The number of hydrogen-bond acceptors (Lipinski definition) is 3. The second-order valence-corrected chi connectivity index (χ2v) is 6.51. The van der Waals surface area contributed by atoms with Crippen molar-refractivity contribution >= 4 is 8.60 Å². The monoisotopic (exact) mass is 332 g/mol. The van der Waals surface area contributed by atoms with E-state index in [4.69, 9.17) is 13.6 Å². The molecule has 0 aliphatic rings. The lowest BCUT2D eigenvalue weighted by atomic mass is 10.1. The van der Waals surface area contributed by atoms with Gasteiger partial charge in [0.2, 0.25) is 0 Å². The van der Waals surface area contributed by atoms with Crippen LogP contribution in [0.3, 0.4) is 0 Å². The fourth-order valence-electron chi connectivity index (χ4n) is 2.16. The minimum atomic E-state index is -1.50. The Labute approximate surface area is 140 Å². The van der Waals surface area contributed by atoms with Gasteiger partial charge in [-0.2, -0.15) is 0 Å². The molecule has 2 aromatic carbocycles. The first-order valence-electron chi connectivity index (χ1n) is 8.12. The third-order valence-corrected chi connectivity index (χ3v) is 4.63. The van der Waals surface area contributed by atoms with Crippen molar-refractivity contribution in [2.45, 2.75) is 46.6 Å². The molecule has 0 aliphatic carbocycles. The van der Waals surface area contributed by atoms with Crippen molar-refractivity contribution in [1.82, 2.24) is 0 Å². The van der Waals surface area contributed by atoms with Gasteiger partial charge < -0.3 is 9.05 Å². The Hall–Kier alpha value is -1.57. The highest BCUT2D eigenvalue weighted by Gasteiger charge is 2.21. The van der Waals surface area contributed by atoms with Crippen molar-refractivity contribution in [1.29, 1.82) is 0 Å². The molecule has 3 nitrogen and oxygen atoms in total. The zero-order valence-corrected chi connectivity index (χ0v) is 15.2. The van der Waals surface area contributed by atoms with E-state index >= 15 is 0 Å². The Kier molecular flexibility index (Phi) is 6.88. The van der Waals surface area contributed by atoms with Gasteiger partial charge in [-0.05, 0) is 49.9 Å². The summed E-state index contributed by atoms with van der Waals surface area (Å²) in [4.78, 5) is 0. The minimum absolute atomic E-state index is 0.0312. The van der Waals surface area contributed by atoms with Gasteiger partial charge in [0.05, 0.1) is 6.10 Å². The number of hydrogen-bond donors (Lipinski definition) is 0. The lowest BCUT2D eigenvalue weighted by Crippen LogP contribution is -2.07. The van der Waals surface area contributed by atoms with Gasteiger partial charge in [-0.25, -0.2) is 0 Å². The van der Waals surface area contributed by atoms with E-state index in [1.54, 1.807) is 0 Å². The Morgan fingerprint density at radius 1 is 0.783 bits per heavy atom. The van der Waals surface area contributed by atoms with E-state index in [-0.39, 0.29) is 6.10 Å². The molecule has 0 fully saturated rings. The largest absolute Gasteiger partial charge is 0.463 e. The molecule has 0 unspecified atom stereocenters. The van der Waals surface area contributed by atoms with Gasteiger partial charge in [-0.3, -0.25) is 4.52 Å². The van der Waals surface area contributed by atoms with Crippen LogP contribution in [0.1, 0.15) is 38.8 Å². The molecule has 0 aromatic heterocycles. The van der Waals surface area contributed by atoms with Crippen molar-refractivity contribution in [3.8, 4) is 11.5 Å². The summed E-state index contributed by atoms with van der Waals surface area (Å²) in [5.41, 5.74) is 2.31. The van der Waals surface area contributed by atoms with Crippen LogP contribution in [-0.2, 0) is 17.4 Å². The van der Waals surface area contributed by atoms with Gasteiger partial charge in [0.15, 0.2) is 0 Å². The fraction of sp³-hybridized carbons (Fsp3) is 0.368. The molecule has 4 heteroatoms. The topological polar surface area (TPSA) is 27.7 Å². The quantitative estimate of drug-likeness (QED) is 0.561. The smallest absolute Gasteiger partial charge is 0.417 e. The van der Waals surface area contributed by atoms with Gasteiger partial charge in [-0.1, -0.05) is 50.2 Å². The fourth-order valence-corrected chi connectivity index (χ4v) is 3.31. The van der Waals surface area contributed by atoms with Crippen LogP contribution < -0.4 is 9.05 Å². The van der Waals surface area contributed by atoms with Gasteiger partial charge in [-0.15, -0.1) is 0 Å². The third kappa shape index (κ3) is 5.23. The molecule has 0 radical (unpaired) electrons. The zero-order chi connectivity index (χ0) is 16.7. The summed E-state index contributed by atoms with van der Waals surface area (Å²) < 4.78 is 18.0. The molecule has 0 N–H and O–H groups in total. The van der Waals surface area contributed by atoms with Crippen LogP contribution in [0.5, 0.6) is 11.5 Å². The van der Waals surface area contributed by atoms with Crippen LogP contribution in [0.2, 0.25) is 0 Å². The van der Waals surface area contributed by atoms with E-state index in [2.05, 4.69) is 26.0 Å². The average Bonchev–Trinajstić information content (AvgIpc) is 2.55. The van der Waals surface area contributed by atoms with Crippen LogP contribution >= 0.6 is 8.60 Å². The SMILES string of the molecule is CCc1ccccc1OP(Oc1ccccc1CC)OC(C)C. The van der Waals surface area contributed by atoms with E-state index in [0.29, 0.717) is 0 Å². The maximum Gasteiger partial charge on any atom is 0.463 e. The Balaban J connectivity index is 2.20. The minimum Gasteiger partial charge on any atom is -0.417 e. The lowest BCUT2D eigenvalue weighted by Gasteiger charge is -2.21. The molecule has 0 spiro atoms. The highest BCUT2D eigenvalue weighted by Crippen LogP contribution is 2.44. The van der Waals surface area contributed by atoms with Gasteiger partial charge in [0.1, 0.15) is 11.5 Å². The highest BCUT2D eigenvalue weighted by atomic mass is 31.2. The Morgan fingerprint density at radius 2 is 1.22 bits per heavy atom. The molecule has 2 aromatic rings. The molecule has 23 heavy (non-hydrogen) atoms. The van der Waals surface area contributed by atoms with Crippen molar-refractivity contribution < 1.29 is 13.6 Å². The van der Waals surface area contributed by atoms with E-state index in [9.17, 15) is 0 Å². The first kappa shape index (κ1) is 17.8. The summed E-state index contributed by atoms with van der Waals surface area (Å²) in [6, 6.07) is 16.0. The molecule has 2 rings (SSSR count). The van der Waals surface area contributed by atoms with Gasteiger partial charge >= 0.3 is 8.60 Å². The predicted molar refractivity (Wildman–Crippen MR) is 96.0 cm³/mol. The number of rotatable bonds is 8. The van der Waals surface area contributed by atoms with Crippen molar-refractivity contribution in [3.05, 3.63) is 59.7 Å². The molecule has 0 saturated carbocycles. The summed E-state index contributed by atoms with van der Waals surface area (Å²) in [6.07, 6.45) is 1.85. The van der Waals surface area contributed by atoms with E-state index in [1.807, 2.05) is 50.2 Å². The molecule has 0 amide bonds. The molecule has 0 heterocycles. The molecular formula is C19H25O3P. The average molecular weight is 332 g/mol. The van der Waals surface area contributed by atoms with Crippen molar-refractivity contribution in [2.24, 2.45) is 0 Å². The van der Waals surface area contributed by atoms with E-state index in [0.717, 1.165) is 35.5 Å². The summed E-state index contributed by atoms with van der Waals surface area (Å²) in [5, 5.41) is 0. The van der Waals surface area contributed by atoms with E-state index < -0.39 is 8.60 Å². The summed E-state index contributed by atoms with van der Waals surface area (Å²) in [6.45, 7) is 8.20. The first-order chi connectivity index (χ1) is 11.1. The molecular weight excluding hydrogens is 307 g/mol. The van der Waals surface area contributed by atoms with Gasteiger partial charge in [0, 0.05) is 0 Å². The maximum absolute atomic E-state index is 6.07. The van der Waals surface area contributed by atoms with Gasteiger partial charge in [0.25, 0.3) is 0 Å². The van der Waals surface area contributed by atoms with Crippen molar-refractivity contribution in [2.75, 3.05) is 0 Å². The number of benzene rings is 2. The Morgan fingerprint density at radius 3 is 1.61 bits per heavy atom.